The van der Waals surface area contributed by atoms with E-state index in [1.807, 2.05) is 52.0 Å². The predicted octanol–water partition coefficient (Wildman–Crippen LogP) is 4.41. The summed E-state index contributed by atoms with van der Waals surface area (Å²) in [5.41, 5.74) is 0.534. The number of nitrogens with zero attached hydrogens (tertiary/aromatic N) is 1. The number of hydrogen-bond donors (Lipinski definition) is 1. The van der Waals surface area contributed by atoms with E-state index in [4.69, 9.17) is 4.74 Å². The summed E-state index contributed by atoms with van der Waals surface area (Å²) >= 11 is 3.47. The highest BCUT2D eigenvalue weighted by Crippen LogP contribution is 2.42. The van der Waals surface area contributed by atoms with Crippen molar-refractivity contribution in [2.45, 2.75) is 70.7 Å². The van der Waals surface area contributed by atoms with Crippen LogP contribution in [0, 0.1) is 5.92 Å². The van der Waals surface area contributed by atoms with Crippen LogP contribution in [0.2, 0.25) is 0 Å². The van der Waals surface area contributed by atoms with Crippen LogP contribution in [0.3, 0.4) is 0 Å². The van der Waals surface area contributed by atoms with E-state index in [-0.39, 0.29) is 36.0 Å². The average molecular weight is 423 g/mol. The van der Waals surface area contributed by atoms with Crippen LogP contribution in [0.4, 0.5) is 4.79 Å². The van der Waals surface area contributed by atoms with Crippen LogP contribution in [0.15, 0.2) is 28.7 Å². The van der Waals surface area contributed by atoms with Crippen molar-refractivity contribution >= 4 is 27.9 Å². The van der Waals surface area contributed by atoms with Gasteiger partial charge in [-0.3, -0.25) is 4.79 Å². The standard InChI is InChI=1S/C20H27BrN2O3/c1-12(13-6-5-7-14(21)10-13)22-18(24)16-11-15-8-9-17(16)23(15)19(25)26-20(2,3)4/h5-7,10,12,15-17H,8-9,11H2,1-4H3,(H,22,24)/t12-,15-,16+,17-/m1/s1. The number of amides is 2. The molecular weight excluding hydrogens is 396 g/mol. The zero-order valence-corrected chi connectivity index (χ0v) is 17.4. The second-order valence-electron chi connectivity index (χ2n) is 8.31. The summed E-state index contributed by atoms with van der Waals surface area (Å²) in [7, 11) is 0. The van der Waals surface area contributed by atoms with Crippen LogP contribution >= 0.6 is 15.9 Å². The van der Waals surface area contributed by atoms with Crippen LogP contribution in [0.5, 0.6) is 0 Å². The Morgan fingerprint density at radius 2 is 2.04 bits per heavy atom. The number of halogens is 1. The number of fused-ring (bicyclic) bond motifs is 2. The quantitative estimate of drug-likeness (QED) is 0.784. The Bertz CT molecular complexity index is 701. The van der Waals surface area contributed by atoms with Gasteiger partial charge in [0.1, 0.15) is 5.60 Å². The van der Waals surface area contributed by atoms with Gasteiger partial charge in [-0.05, 0) is 64.7 Å². The van der Waals surface area contributed by atoms with Gasteiger partial charge in [-0.2, -0.15) is 0 Å². The molecular formula is C20H27BrN2O3. The maximum Gasteiger partial charge on any atom is 0.410 e. The summed E-state index contributed by atoms with van der Waals surface area (Å²) < 4.78 is 6.54. The molecule has 0 saturated carbocycles. The van der Waals surface area contributed by atoms with Gasteiger partial charge in [-0.1, -0.05) is 28.1 Å². The van der Waals surface area contributed by atoms with Crippen LogP contribution in [0.1, 0.15) is 58.6 Å². The molecule has 142 valence electrons. The van der Waals surface area contributed by atoms with Gasteiger partial charge in [0.2, 0.25) is 5.91 Å². The molecule has 2 heterocycles. The molecule has 0 aromatic heterocycles. The molecule has 1 N–H and O–H groups in total. The Labute approximate surface area is 163 Å². The molecule has 2 aliphatic heterocycles. The fraction of sp³-hybridized carbons (Fsp3) is 0.600. The third-order valence-corrected chi connectivity index (χ3v) is 5.68. The number of nitrogens with one attached hydrogen (secondary N) is 1. The topological polar surface area (TPSA) is 58.6 Å². The molecule has 2 aliphatic rings. The number of rotatable bonds is 3. The largest absolute Gasteiger partial charge is 0.444 e. The second kappa shape index (κ2) is 7.22. The van der Waals surface area contributed by atoms with E-state index < -0.39 is 5.60 Å². The van der Waals surface area contributed by atoms with E-state index >= 15 is 0 Å². The first-order valence-corrected chi connectivity index (χ1v) is 10.0. The lowest BCUT2D eigenvalue weighted by Crippen LogP contribution is -2.43. The van der Waals surface area contributed by atoms with E-state index in [0.717, 1.165) is 29.3 Å². The lowest BCUT2D eigenvalue weighted by atomic mass is 9.88. The molecule has 2 saturated heterocycles. The van der Waals surface area contributed by atoms with Crippen molar-refractivity contribution in [3.63, 3.8) is 0 Å². The third kappa shape index (κ3) is 4.05. The fourth-order valence-corrected chi connectivity index (χ4v) is 4.47. The highest BCUT2D eigenvalue weighted by Gasteiger charge is 2.52. The first kappa shape index (κ1) is 19.2. The molecule has 2 fully saturated rings. The van der Waals surface area contributed by atoms with Crippen molar-refractivity contribution in [3.05, 3.63) is 34.3 Å². The summed E-state index contributed by atoms with van der Waals surface area (Å²) in [5.74, 6) is -0.130. The molecule has 0 unspecified atom stereocenters. The molecule has 1 aromatic rings. The van der Waals surface area contributed by atoms with Crippen molar-refractivity contribution in [3.8, 4) is 0 Å². The van der Waals surface area contributed by atoms with Crippen molar-refractivity contribution in [2.24, 2.45) is 5.92 Å². The van der Waals surface area contributed by atoms with Gasteiger partial charge in [-0.25, -0.2) is 4.79 Å². The zero-order chi connectivity index (χ0) is 19.1. The molecule has 2 bridgehead atoms. The van der Waals surface area contributed by atoms with E-state index in [0.29, 0.717) is 0 Å². The summed E-state index contributed by atoms with van der Waals surface area (Å²) in [6.45, 7) is 7.59. The summed E-state index contributed by atoms with van der Waals surface area (Å²) in [4.78, 5) is 27.2. The normalized spacial score (nSPS) is 25.9. The lowest BCUT2D eigenvalue weighted by Gasteiger charge is -2.28. The van der Waals surface area contributed by atoms with E-state index in [9.17, 15) is 9.59 Å². The maximum atomic E-state index is 12.9. The molecule has 6 heteroatoms. The van der Waals surface area contributed by atoms with Gasteiger partial charge in [-0.15, -0.1) is 0 Å². The van der Waals surface area contributed by atoms with Gasteiger partial charge in [0, 0.05) is 16.6 Å². The van der Waals surface area contributed by atoms with Gasteiger partial charge < -0.3 is 15.0 Å². The van der Waals surface area contributed by atoms with Gasteiger partial charge in [0.25, 0.3) is 0 Å². The number of carbonyl (C=O) groups is 2. The molecule has 0 aliphatic carbocycles. The smallest absolute Gasteiger partial charge is 0.410 e. The van der Waals surface area contributed by atoms with E-state index in [1.54, 1.807) is 4.90 Å². The maximum absolute atomic E-state index is 12.9. The number of ether oxygens (including phenoxy) is 1. The molecule has 0 spiro atoms. The Kier molecular flexibility index (Phi) is 5.33. The highest BCUT2D eigenvalue weighted by molar-refractivity contribution is 9.10. The van der Waals surface area contributed by atoms with Crippen LogP contribution in [0.25, 0.3) is 0 Å². The molecule has 26 heavy (non-hydrogen) atoms. The van der Waals surface area contributed by atoms with Crippen molar-refractivity contribution < 1.29 is 14.3 Å². The Morgan fingerprint density at radius 1 is 1.31 bits per heavy atom. The average Bonchev–Trinajstić information content (AvgIpc) is 3.11. The Morgan fingerprint density at radius 3 is 2.69 bits per heavy atom. The van der Waals surface area contributed by atoms with E-state index in [1.165, 1.54) is 0 Å². The first-order valence-electron chi connectivity index (χ1n) is 9.23. The van der Waals surface area contributed by atoms with Gasteiger partial charge in [0.05, 0.1) is 12.0 Å². The minimum Gasteiger partial charge on any atom is -0.444 e. The van der Waals surface area contributed by atoms with Crippen LogP contribution in [-0.4, -0.2) is 34.6 Å². The van der Waals surface area contributed by atoms with Gasteiger partial charge in [0.15, 0.2) is 0 Å². The van der Waals surface area contributed by atoms with Gasteiger partial charge >= 0.3 is 6.09 Å². The zero-order valence-electron chi connectivity index (χ0n) is 15.8. The van der Waals surface area contributed by atoms with Crippen LogP contribution < -0.4 is 5.32 Å². The highest BCUT2D eigenvalue weighted by atomic mass is 79.9. The second-order valence-corrected chi connectivity index (χ2v) is 9.23. The molecule has 0 radical (unpaired) electrons. The molecule has 1 aromatic carbocycles. The van der Waals surface area contributed by atoms with Crippen molar-refractivity contribution in [1.82, 2.24) is 10.2 Å². The van der Waals surface area contributed by atoms with Crippen molar-refractivity contribution in [1.29, 1.82) is 0 Å². The van der Waals surface area contributed by atoms with Crippen molar-refractivity contribution in [2.75, 3.05) is 0 Å². The molecule has 4 atom stereocenters. The third-order valence-electron chi connectivity index (χ3n) is 5.19. The Hall–Kier alpha value is -1.56. The fourth-order valence-electron chi connectivity index (χ4n) is 4.05. The molecule has 5 nitrogen and oxygen atoms in total. The Balaban J connectivity index is 1.65. The summed E-state index contributed by atoms with van der Waals surface area (Å²) in [6, 6.07) is 7.93. The number of carbonyl (C=O) groups excluding carboxylic acids is 2. The van der Waals surface area contributed by atoms with E-state index in [2.05, 4.69) is 21.2 Å². The summed E-state index contributed by atoms with van der Waals surface area (Å²) in [5, 5.41) is 3.12. The number of hydrogen-bond acceptors (Lipinski definition) is 3. The lowest BCUT2D eigenvalue weighted by molar-refractivity contribution is -0.126. The predicted molar refractivity (Wildman–Crippen MR) is 104 cm³/mol. The summed E-state index contributed by atoms with van der Waals surface area (Å²) in [6.07, 6.45) is 2.25. The molecule has 3 rings (SSSR count). The minimum atomic E-state index is -0.522. The number of benzene rings is 1. The van der Waals surface area contributed by atoms with Crippen LogP contribution in [-0.2, 0) is 9.53 Å². The first-order chi connectivity index (χ1) is 12.2. The minimum absolute atomic E-state index is 0.0261. The SMILES string of the molecule is C[C@@H](NC(=O)[C@H]1C[C@H]2CC[C@H]1N2C(=O)OC(C)(C)C)c1cccc(Br)c1. The monoisotopic (exact) mass is 422 g/mol. The molecule has 2 amide bonds.